The van der Waals surface area contributed by atoms with Crippen molar-refractivity contribution < 1.29 is 14.0 Å². The summed E-state index contributed by atoms with van der Waals surface area (Å²) in [4.78, 5) is 4.19. The van der Waals surface area contributed by atoms with Gasteiger partial charge in [0.2, 0.25) is 11.7 Å². The van der Waals surface area contributed by atoms with E-state index in [-0.39, 0.29) is 13.3 Å². The second-order valence-electron chi connectivity index (χ2n) is 3.61. The summed E-state index contributed by atoms with van der Waals surface area (Å²) in [7, 11) is 0. The highest BCUT2D eigenvalue weighted by Gasteiger charge is 2.18. The molecule has 6 heteroatoms. The van der Waals surface area contributed by atoms with Crippen LogP contribution in [0.2, 0.25) is 0 Å². The third-order valence-corrected chi connectivity index (χ3v) is 2.56. The molecule has 17 heavy (non-hydrogen) atoms. The van der Waals surface area contributed by atoms with Gasteiger partial charge in [-0.05, 0) is 6.07 Å². The van der Waals surface area contributed by atoms with Crippen molar-refractivity contribution in [1.82, 2.24) is 10.1 Å². The minimum absolute atomic E-state index is 0.231. The Bertz CT molecular complexity index is 539. The van der Waals surface area contributed by atoms with Gasteiger partial charge < -0.3 is 19.7 Å². The van der Waals surface area contributed by atoms with Crippen LogP contribution in [0.3, 0.4) is 0 Å². The third-order valence-electron chi connectivity index (χ3n) is 2.56. The lowest BCUT2D eigenvalue weighted by Crippen LogP contribution is -2.12. The first kappa shape index (κ1) is 10.2. The van der Waals surface area contributed by atoms with Gasteiger partial charge in [-0.25, -0.2) is 0 Å². The number of ether oxygens (including phenoxy) is 2. The van der Waals surface area contributed by atoms with Crippen LogP contribution in [0.4, 0.5) is 0 Å². The van der Waals surface area contributed by atoms with E-state index < -0.39 is 0 Å². The van der Waals surface area contributed by atoms with Gasteiger partial charge in [0, 0.05) is 11.1 Å². The number of nitrogens with zero attached hydrogens (tertiary/aromatic N) is 2. The quantitative estimate of drug-likeness (QED) is 0.835. The molecule has 2 aromatic rings. The van der Waals surface area contributed by atoms with Crippen LogP contribution in [-0.2, 0) is 17.9 Å². The van der Waals surface area contributed by atoms with Crippen molar-refractivity contribution in [3.8, 4) is 17.1 Å². The fourth-order valence-corrected chi connectivity index (χ4v) is 1.76. The maximum atomic E-state index is 5.43. The van der Waals surface area contributed by atoms with E-state index in [0.717, 1.165) is 16.9 Å². The van der Waals surface area contributed by atoms with E-state index in [1.54, 1.807) is 0 Å². The van der Waals surface area contributed by atoms with Crippen LogP contribution in [0.1, 0.15) is 11.5 Å². The van der Waals surface area contributed by atoms with Gasteiger partial charge in [-0.2, -0.15) is 4.98 Å². The average molecular weight is 233 g/mol. The Morgan fingerprint density at radius 2 is 2.29 bits per heavy atom. The van der Waals surface area contributed by atoms with Crippen molar-refractivity contribution in [3.63, 3.8) is 0 Å². The van der Waals surface area contributed by atoms with Crippen molar-refractivity contribution in [3.05, 3.63) is 29.7 Å². The summed E-state index contributed by atoms with van der Waals surface area (Å²) in [6, 6.07) is 5.69. The molecule has 88 valence electrons. The second kappa shape index (κ2) is 4.15. The van der Waals surface area contributed by atoms with Crippen molar-refractivity contribution in [2.45, 2.75) is 13.2 Å². The van der Waals surface area contributed by atoms with Crippen molar-refractivity contribution in [2.24, 2.45) is 5.73 Å². The zero-order chi connectivity index (χ0) is 11.7. The van der Waals surface area contributed by atoms with Crippen LogP contribution < -0.4 is 10.5 Å². The molecular formula is C11H11N3O3. The maximum Gasteiger partial charge on any atom is 0.240 e. The molecule has 0 radical (unpaired) electrons. The molecule has 0 amide bonds. The molecule has 1 aliphatic rings. The van der Waals surface area contributed by atoms with Gasteiger partial charge in [0.1, 0.15) is 5.75 Å². The number of fused-ring (bicyclic) bond motifs is 1. The van der Waals surface area contributed by atoms with Gasteiger partial charge in [-0.1, -0.05) is 17.3 Å². The molecule has 0 saturated carbocycles. The second-order valence-corrected chi connectivity index (χ2v) is 3.61. The third kappa shape index (κ3) is 1.77. The minimum atomic E-state index is 0.231. The maximum absolute atomic E-state index is 5.43. The van der Waals surface area contributed by atoms with Gasteiger partial charge in [-0.3, -0.25) is 0 Å². The number of nitrogens with two attached hydrogens (primary N) is 1. The highest BCUT2D eigenvalue weighted by molar-refractivity contribution is 5.63. The number of aromatic nitrogens is 2. The van der Waals surface area contributed by atoms with Gasteiger partial charge in [0.25, 0.3) is 0 Å². The molecule has 0 saturated heterocycles. The molecule has 0 fully saturated rings. The monoisotopic (exact) mass is 233 g/mol. The highest BCUT2D eigenvalue weighted by Crippen LogP contribution is 2.31. The first-order valence-electron chi connectivity index (χ1n) is 5.24. The van der Waals surface area contributed by atoms with Crippen LogP contribution >= 0.6 is 0 Å². The molecule has 0 unspecified atom stereocenters. The van der Waals surface area contributed by atoms with Crippen molar-refractivity contribution in [2.75, 3.05) is 6.79 Å². The van der Waals surface area contributed by atoms with Crippen LogP contribution in [0.25, 0.3) is 11.4 Å². The highest BCUT2D eigenvalue weighted by atomic mass is 16.7. The molecule has 0 bridgehead atoms. The largest absolute Gasteiger partial charge is 0.467 e. The molecule has 2 N–H and O–H groups in total. The van der Waals surface area contributed by atoms with E-state index in [2.05, 4.69) is 10.1 Å². The Balaban J connectivity index is 2.07. The smallest absolute Gasteiger partial charge is 0.240 e. The summed E-state index contributed by atoms with van der Waals surface area (Å²) >= 11 is 0. The van der Waals surface area contributed by atoms with Crippen molar-refractivity contribution in [1.29, 1.82) is 0 Å². The van der Waals surface area contributed by atoms with Crippen LogP contribution in [0, 0.1) is 0 Å². The van der Waals surface area contributed by atoms with Gasteiger partial charge in [0.05, 0.1) is 13.2 Å². The molecule has 0 spiro atoms. The van der Waals surface area contributed by atoms with E-state index in [1.165, 1.54) is 0 Å². The lowest BCUT2D eigenvalue weighted by Gasteiger charge is -2.19. The zero-order valence-corrected chi connectivity index (χ0v) is 9.05. The molecule has 0 aliphatic carbocycles. The number of hydrogen-bond acceptors (Lipinski definition) is 6. The number of benzene rings is 1. The summed E-state index contributed by atoms with van der Waals surface area (Å²) in [6.07, 6.45) is 0. The van der Waals surface area contributed by atoms with Gasteiger partial charge in [0.15, 0.2) is 6.79 Å². The Kier molecular flexibility index (Phi) is 2.50. The molecule has 6 nitrogen and oxygen atoms in total. The van der Waals surface area contributed by atoms with Crippen LogP contribution in [0.5, 0.6) is 5.75 Å². The van der Waals surface area contributed by atoms with E-state index in [4.69, 9.17) is 19.7 Å². The normalized spacial score (nSPS) is 14.2. The Hall–Kier alpha value is -1.92. The molecule has 3 rings (SSSR count). The van der Waals surface area contributed by atoms with E-state index >= 15 is 0 Å². The van der Waals surface area contributed by atoms with E-state index in [9.17, 15) is 0 Å². The predicted molar refractivity (Wildman–Crippen MR) is 57.9 cm³/mol. The Labute approximate surface area is 97.3 Å². The fraction of sp³-hybridized carbons (Fsp3) is 0.273. The standard InChI is InChI=1S/C11H11N3O3/c12-4-10-13-11(14-17-10)7-2-1-3-9-8(7)5-15-6-16-9/h1-3H,4-6,12H2. The lowest BCUT2D eigenvalue weighted by atomic mass is 10.1. The van der Waals surface area contributed by atoms with Gasteiger partial charge in [-0.15, -0.1) is 0 Å². The van der Waals surface area contributed by atoms with Gasteiger partial charge >= 0.3 is 0 Å². The van der Waals surface area contributed by atoms with Crippen LogP contribution in [0.15, 0.2) is 22.7 Å². The summed E-state index contributed by atoms with van der Waals surface area (Å²) in [5.41, 5.74) is 7.22. The zero-order valence-electron chi connectivity index (χ0n) is 9.05. The Morgan fingerprint density at radius 3 is 3.12 bits per heavy atom. The molecular weight excluding hydrogens is 222 g/mol. The van der Waals surface area contributed by atoms with E-state index in [0.29, 0.717) is 18.3 Å². The van der Waals surface area contributed by atoms with Crippen LogP contribution in [-0.4, -0.2) is 16.9 Å². The molecule has 1 aromatic carbocycles. The summed E-state index contributed by atoms with van der Waals surface area (Å²) in [6.45, 7) is 0.990. The summed E-state index contributed by atoms with van der Waals surface area (Å²) in [5, 5.41) is 3.89. The minimum Gasteiger partial charge on any atom is -0.467 e. The number of hydrogen-bond donors (Lipinski definition) is 1. The predicted octanol–water partition coefficient (Wildman–Crippen LogP) is 1.06. The molecule has 1 aromatic heterocycles. The summed E-state index contributed by atoms with van der Waals surface area (Å²) in [5.74, 6) is 1.72. The summed E-state index contributed by atoms with van der Waals surface area (Å²) < 4.78 is 15.6. The average Bonchev–Trinajstić information content (AvgIpc) is 2.87. The first-order valence-corrected chi connectivity index (χ1v) is 5.24. The van der Waals surface area contributed by atoms with Crippen molar-refractivity contribution >= 4 is 0 Å². The fourth-order valence-electron chi connectivity index (χ4n) is 1.76. The molecule has 0 atom stereocenters. The molecule has 1 aliphatic heterocycles. The Morgan fingerprint density at radius 1 is 1.35 bits per heavy atom. The molecule has 2 heterocycles. The topological polar surface area (TPSA) is 83.4 Å². The first-order chi connectivity index (χ1) is 8.38. The lowest BCUT2D eigenvalue weighted by molar-refractivity contribution is -0.0160. The van der Waals surface area contributed by atoms with E-state index in [1.807, 2.05) is 18.2 Å². The number of rotatable bonds is 2. The SMILES string of the molecule is NCc1nc(-c2cccc3c2COCO3)no1.